The molecule has 0 atom stereocenters. The number of carbonyl (C=O) groups excluding carboxylic acids is 1. The van der Waals surface area contributed by atoms with Gasteiger partial charge in [-0.15, -0.1) is 0 Å². The molecular weight excluding hydrogens is 329 g/mol. The van der Waals surface area contributed by atoms with Gasteiger partial charge in [-0.2, -0.15) is 0 Å². The molecule has 1 heterocycles. The number of anilines is 1. The number of hydrogen-bond donors (Lipinski definition) is 0. The van der Waals surface area contributed by atoms with Crippen LogP contribution in [0.15, 0.2) is 42.9 Å². The lowest BCUT2D eigenvalue weighted by molar-refractivity contribution is 0.0987. The quantitative estimate of drug-likeness (QED) is 0.789. The third-order valence-electron chi connectivity index (χ3n) is 2.30. The molecule has 0 N–H and O–H groups in total. The van der Waals surface area contributed by atoms with Gasteiger partial charge in [-0.25, -0.2) is 4.98 Å². The van der Waals surface area contributed by atoms with Crippen LogP contribution in [0.2, 0.25) is 0 Å². The Morgan fingerprint density at radius 3 is 2.71 bits per heavy atom. The first kappa shape index (κ1) is 12.0. The topological polar surface area (TPSA) is 46.1 Å². The van der Waals surface area contributed by atoms with Crippen molar-refractivity contribution in [2.45, 2.75) is 0 Å². The predicted molar refractivity (Wildman–Crippen MR) is 73.9 cm³/mol. The van der Waals surface area contributed by atoms with Gasteiger partial charge in [0.05, 0.1) is 11.9 Å². The van der Waals surface area contributed by atoms with Crippen molar-refractivity contribution in [1.29, 1.82) is 0 Å². The molecule has 0 aliphatic carbocycles. The van der Waals surface area contributed by atoms with Gasteiger partial charge < -0.3 is 4.90 Å². The molecule has 0 aliphatic heterocycles. The summed E-state index contributed by atoms with van der Waals surface area (Å²) in [5.74, 6) is -0.165. The van der Waals surface area contributed by atoms with E-state index in [1.165, 1.54) is 12.4 Å². The minimum Gasteiger partial charge on any atom is -0.309 e. The third kappa shape index (κ3) is 2.60. The Kier molecular flexibility index (Phi) is 3.68. The molecule has 0 saturated carbocycles. The molecule has 0 radical (unpaired) electrons. The molecule has 0 saturated heterocycles. The van der Waals surface area contributed by atoms with Crippen molar-refractivity contribution in [3.8, 4) is 0 Å². The molecule has 17 heavy (non-hydrogen) atoms. The van der Waals surface area contributed by atoms with Crippen molar-refractivity contribution in [2.75, 3.05) is 11.9 Å². The first-order valence-corrected chi connectivity index (χ1v) is 6.06. The smallest absolute Gasteiger partial charge is 0.278 e. The van der Waals surface area contributed by atoms with Crippen LogP contribution in [0.25, 0.3) is 0 Å². The fourth-order valence-electron chi connectivity index (χ4n) is 1.41. The van der Waals surface area contributed by atoms with Crippen LogP contribution in [0.5, 0.6) is 0 Å². The summed E-state index contributed by atoms with van der Waals surface area (Å²) >= 11 is 2.20. The zero-order valence-electron chi connectivity index (χ0n) is 9.17. The summed E-state index contributed by atoms with van der Waals surface area (Å²) in [5, 5.41) is 0. The Labute approximate surface area is 113 Å². The highest BCUT2D eigenvalue weighted by atomic mass is 127. The van der Waals surface area contributed by atoms with Crippen molar-refractivity contribution in [2.24, 2.45) is 0 Å². The van der Waals surface area contributed by atoms with Crippen molar-refractivity contribution in [3.63, 3.8) is 0 Å². The maximum atomic E-state index is 12.1. The zero-order chi connectivity index (χ0) is 12.3. The summed E-state index contributed by atoms with van der Waals surface area (Å²) in [6.45, 7) is 0. The standard InChI is InChI=1S/C12H10IN3O/c1-16(11-5-3-2-4-9(11)13)12(17)10-8-14-6-7-15-10/h2-8H,1H3. The number of amides is 1. The second-order valence-electron chi connectivity index (χ2n) is 3.41. The highest BCUT2D eigenvalue weighted by molar-refractivity contribution is 14.1. The number of hydrogen-bond acceptors (Lipinski definition) is 3. The molecule has 2 rings (SSSR count). The van der Waals surface area contributed by atoms with Gasteiger partial charge in [0, 0.05) is 23.0 Å². The number of carbonyl (C=O) groups is 1. The van der Waals surface area contributed by atoms with E-state index >= 15 is 0 Å². The maximum absolute atomic E-state index is 12.1. The molecule has 4 nitrogen and oxygen atoms in total. The summed E-state index contributed by atoms with van der Waals surface area (Å²) in [6.07, 6.45) is 4.52. The molecule has 0 unspecified atom stereocenters. The van der Waals surface area contributed by atoms with Gasteiger partial charge >= 0.3 is 0 Å². The number of benzene rings is 1. The second kappa shape index (κ2) is 5.22. The Morgan fingerprint density at radius 2 is 2.06 bits per heavy atom. The van der Waals surface area contributed by atoms with Crippen LogP contribution in [0.1, 0.15) is 10.5 Å². The normalized spacial score (nSPS) is 10.0. The zero-order valence-corrected chi connectivity index (χ0v) is 11.3. The SMILES string of the molecule is CN(C(=O)c1cnccn1)c1ccccc1I. The van der Waals surface area contributed by atoms with E-state index in [2.05, 4.69) is 32.6 Å². The predicted octanol–water partition coefficient (Wildman–Crippen LogP) is 2.36. The van der Waals surface area contributed by atoms with Crippen LogP contribution in [0.3, 0.4) is 0 Å². The van der Waals surface area contributed by atoms with Gasteiger partial charge in [-0.3, -0.25) is 9.78 Å². The van der Waals surface area contributed by atoms with Crippen LogP contribution in [-0.4, -0.2) is 22.9 Å². The fourth-order valence-corrected chi connectivity index (χ4v) is 2.16. The summed E-state index contributed by atoms with van der Waals surface area (Å²) in [5.41, 5.74) is 1.21. The number of halogens is 1. The van der Waals surface area contributed by atoms with Gasteiger partial charge in [-0.1, -0.05) is 12.1 Å². The summed E-state index contributed by atoms with van der Waals surface area (Å²) in [6, 6.07) is 7.69. The van der Waals surface area contributed by atoms with Crippen molar-refractivity contribution < 1.29 is 4.79 Å². The molecule has 1 aromatic heterocycles. The summed E-state index contributed by atoms with van der Waals surface area (Å²) in [4.78, 5) is 21.6. The van der Waals surface area contributed by atoms with E-state index in [1.807, 2.05) is 24.3 Å². The van der Waals surface area contributed by atoms with Gasteiger partial charge in [0.1, 0.15) is 5.69 Å². The minimum atomic E-state index is -0.165. The van der Waals surface area contributed by atoms with Crippen molar-refractivity contribution >= 4 is 34.2 Å². The Hall–Kier alpha value is -1.50. The van der Waals surface area contributed by atoms with Gasteiger partial charge in [-0.05, 0) is 34.7 Å². The highest BCUT2D eigenvalue weighted by Gasteiger charge is 2.16. The molecule has 0 spiro atoms. The maximum Gasteiger partial charge on any atom is 0.278 e. The van der Waals surface area contributed by atoms with Gasteiger partial charge in [0.15, 0.2) is 0 Å². The minimum absolute atomic E-state index is 0.165. The van der Waals surface area contributed by atoms with Gasteiger partial charge in [0.2, 0.25) is 0 Å². The highest BCUT2D eigenvalue weighted by Crippen LogP contribution is 2.21. The number of para-hydroxylation sites is 1. The second-order valence-corrected chi connectivity index (χ2v) is 4.57. The average Bonchev–Trinajstić information content (AvgIpc) is 2.39. The summed E-state index contributed by atoms with van der Waals surface area (Å²) in [7, 11) is 1.73. The summed E-state index contributed by atoms with van der Waals surface area (Å²) < 4.78 is 1.02. The van der Waals surface area contributed by atoms with E-state index < -0.39 is 0 Å². The van der Waals surface area contributed by atoms with E-state index in [0.717, 1.165) is 9.26 Å². The molecule has 5 heteroatoms. The number of aromatic nitrogens is 2. The Balaban J connectivity index is 2.30. The molecule has 0 aliphatic rings. The lowest BCUT2D eigenvalue weighted by Gasteiger charge is -2.17. The van der Waals surface area contributed by atoms with E-state index in [-0.39, 0.29) is 5.91 Å². The monoisotopic (exact) mass is 339 g/mol. The molecule has 86 valence electrons. The fraction of sp³-hybridized carbons (Fsp3) is 0.0833. The average molecular weight is 339 g/mol. The van der Waals surface area contributed by atoms with Crippen molar-refractivity contribution in [1.82, 2.24) is 9.97 Å². The lowest BCUT2D eigenvalue weighted by Crippen LogP contribution is -2.27. The van der Waals surface area contributed by atoms with E-state index in [1.54, 1.807) is 18.1 Å². The van der Waals surface area contributed by atoms with Crippen LogP contribution in [0, 0.1) is 3.57 Å². The van der Waals surface area contributed by atoms with Crippen molar-refractivity contribution in [3.05, 3.63) is 52.1 Å². The molecule has 0 fully saturated rings. The van der Waals surface area contributed by atoms with E-state index in [9.17, 15) is 4.79 Å². The van der Waals surface area contributed by atoms with E-state index in [4.69, 9.17) is 0 Å². The molecule has 1 amide bonds. The number of nitrogens with zero attached hydrogens (tertiary/aromatic N) is 3. The Bertz CT molecular complexity index is 530. The first-order chi connectivity index (χ1) is 8.20. The molecule has 1 aromatic carbocycles. The van der Waals surface area contributed by atoms with Crippen LogP contribution in [-0.2, 0) is 0 Å². The van der Waals surface area contributed by atoms with Crippen LogP contribution >= 0.6 is 22.6 Å². The first-order valence-electron chi connectivity index (χ1n) is 4.99. The molecule has 0 bridgehead atoms. The Morgan fingerprint density at radius 1 is 1.29 bits per heavy atom. The lowest BCUT2D eigenvalue weighted by atomic mass is 10.3. The van der Waals surface area contributed by atoms with Crippen LogP contribution < -0.4 is 4.90 Å². The largest absolute Gasteiger partial charge is 0.309 e. The number of rotatable bonds is 2. The molecular formula is C12H10IN3O. The van der Waals surface area contributed by atoms with E-state index in [0.29, 0.717) is 5.69 Å². The van der Waals surface area contributed by atoms with Crippen LogP contribution in [0.4, 0.5) is 5.69 Å². The third-order valence-corrected chi connectivity index (χ3v) is 3.21. The molecule has 2 aromatic rings. The van der Waals surface area contributed by atoms with Gasteiger partial charge in [0.25, 0.3) is 5.91 Å².